The van der Waals surface area contributed by atoms with Crippen molar-refractivity contribution in [3.63, 3.8) is 0 Å². The average molecular weight is 323 g/mol. The number of benzene rings is 1. The quantitative estimate of drug-likeness (QED) is 0.819. The standard InChI is InChI=1S/C16H19F2N3O2/c17-16(18)23-14-3-1-13(2-4-14)15-11-20(9-10-22-15)7-8-21-6-5-19-12-21/h1-6,12,15-16H,7-11H2. The number of aromatic nitrogens is 2. The first kappa shape index (κ1) is 15.9. The molecule has 124 valence electrons. The van der Waals surface area contributed by atoms with Gasteiger partial charge in [-0.3, -0.25) is 4.90 Å². The van der Waals surface area contributed by atoms with Crippen molar-refractivity contribution < 1.29 is 18.3 Å². The summed E-state index contributed by atoms with van der Waals surface area (Å²) in [5.74, 6) is 0.163. The van der Waals surface area contributed by atoms with Crippen molar-refractivity contribution in [3.05, 3.63) is 48.5 Å². The second-order valence-electron chi connectivity index (χ2n) is 5.41. The van der Waals surface area contributed by atoms with Crippen LogP contribution in [0.1, 0.15) is 11.7 Å². The Kier molecular flexibility index (Phi) is 5.19. The number of hydrogen-bond donors (Lipinski definition) is 0. The minimum atomic E-state index is -2.80. The van der Waals surface area contributed by atoms with Crippen molar-refractivity contribution in [1.82, 2.24) is 14.5 Å². The average Bonchev–Trinajstić information content (AvgIpc) is 3.07. The number of ether oxygens (including phenoxy) is 2. The summed E-state index contributed by atoms with van der Waals surface area (Å²) < 4.78 is 36.5. The van der Waals surface area contributed by atoms with Crippen molar-refractivity contribution in [2.24, 2.45) is 0 Å². The van der Waals surface area contributed by atoms with Crippen molar-refractivity contribution in [3.8, 4) is 5.75 Å². The summed E-state index contributed by atoms with van der Waals surface area (Å²) in [6.07, 6.45) is 5.47. The third-order valence-corrected chi connectivity index (χ3v) is 3.86. The first-order valence-corrected chi connectivity index (χ1v) is 7.55. The van der Waals surface area contributed by atoms with Gasteiger partial charge in [-0.2, -0.15) is 8.78 Å². The summed E-state index contributed by atoms with van der Waals surface area (Å²) in [5, 5.41) is 0. The molecule has 0 radical (unpaired) electrons. The van der Waals surface area contributed by atoms with Crippen LogP contribution in [0.4, 0.5) is 8.78 Å². The molecule has 1 aliphatic rings. The van der Waals surface area contributed by atoms with Crippen LogP contribution in [0.25, 0.3) is 0 Å². The molecular weight excluding hydrogens is 304 g/mol. The maximum Gasteiger partial charge on any atom is 0.387 e. The summed E-state index contributed by atoms with van der Waals surface area (Å²) in [4.78, 5) is 6.36. The summed E-state index contributed by atoms with van der Waals surface area (Å²) in [5.41, 5.74) is 0.971. The molecule has 5 nitrogen and oxygen atoms in total. The maximum atomic E-state index is 12.2. The lowest BCUT2D eigenvalue weighted by Gasteiger charge is -2.33. The van der Waals surface area contributed by atoms with E-state index in [-0.39, 0.29) is 11.9 Å². The van der Waals surface area contributed by atoms with Crippen LogP contribution < -0.4 is 4.74 Å². The second kappa shape index (κ2) is 7.52. The van der Waals surface area contributed by atoms with E-state index in [0.29, 0.717) is 6.61 Å². The third kappa shape index (κ3) is 4.49. The molecule has 2 heterocycles. The summed E-state index contributed by atoms with van der Waals surface area (Å²) in [6.45, 7) is 1.33. The third-order valence-electron chi connectivity index (χ3n) is 3.86. The van der Waals surface area contributed by atoms with Gasteiger partial charge in [-0.1, -0.05) is 12.1 Å². The van der Waals surface area contributed by atoms with Gasteiger partial charge in [0.1, 0.15) is 5.75 Å². The van der Waals surface area contributed by atoms with Gasteiger partial charge in [-0.25, -0.2) is 4.98 Å². The number of alkyl halides is 2. The highest BCUT2D eigenvalue weighted by molar-refractivity contribution is 5.29. The molecule has 23 heavy (non-hydrogen) atoms. The van der Waals surface area contributed by atoms with Crippen LogP contribution in [-0.2, 0) is 11.3 Å². The lowest BCUT2D eigenvalue weighted by atomic mass is 10.1. The van der Waals surface area contributed by atoms with Gasteiger partial charge in [0.15, 0.2) is 0 Å². The topological polar surface area (TPSA) is 39.5 Å². The van der Waals surface area contributed by atoms with Crippen LogP contribution in [0.2, 0.25) is 0 Å². The molecule has 1 aliphatic heterocycles. The maximum absolute atomic E-state index is 12.2. The molecule has 0 bridgehead atoms. The van der Waals surface area contributed by atoms with E-state index in [1.807, 2.05) is 10.8 Å². The highest BCUT2D eigenvalue weighted by atomic mass is 19.3. The summed E-state index contributed by atoms with van der Waals surface area (Å²) in [6, 6.07) is 6.66. The fraction of sp³-hybridized carbons (Fsp3) is 0.438. The zero-order chi connectivity index (χ0) is 16.1. The van der Waals surface area contributed by atoms with Crippen LogP contribution in [0.3, 0.4) is 0 Å². The lowest BCUT2D eigenvalue weighted by molar-refractivity contribution is -0.0500. The predicted molar refractivity (Wildman–Crippen MR) is 80.4 cm³/mol. The number of morpholine rings is 1. The number of imidazole rings is 1. The fourth-order valence-corrected chi connectivity index (χ4v) is 2.65. The Morgan fingerprint density at radius 2 is 2.09 bits per heavy atom. The molecule has 0 spiro atoms. The first-order valence-electron chi connectivity index (χ1n) is 7.55. The number of halogens is 2. The zero-order valence-electron chi connectivity index (χ0n) is 12.6. The largest absolute Gasteiger partial charge is 0.435 e. The van der Waals surface area contributed by atoms with E-state index in [1.54, 1.807) is 36.8 Å². The minimum absolute atomic E-state index is 0.0489. The molecule has 0 amide bonds. The molecule has 1 fully saturated rings. The molecule has 7 heteroatoms. The van der Waals surface area contributed by atoms with Gasteiger partial charge < -0.3 is 14.0 Å². The smallest absolute Gasteiger partial charge is 0.387 e. The lowest BCUT2D eigenvalue weighted by Crippen LogP contribution is -2.39. The molecule has 1 atom stereocenters. The van der Waals surface area contributed by atoms with E-state index < -0.39 is 6.61 Å². The number of hydrogen-bond acceptors (Lipinski definition) is 4. The van der Waals surface area contributed by atoms with Crippen molar-refractivity contribution in [2.75, 3.05) is 26.2 Å². The molecule has 2 aromatic rings. The minimum Gasteiger partial charge on any atom is -0.435 e. The van der Waals surface area contributed by atoms with Gasteiger partial charge in [0.2, 0.25) is 0 Å². The SMILES string of the molecule is FC(F)Oc1ccc(C2CN(CCn3ccnc3)CCO2)cc1. The van der Waals surface area contributed by atoms with Gasteiger partial charge in [0.25, 0.3) is 0 Å². The highest BCUT2D eigenvalue weighted by Crippen LogP contribution is 2.24. The van der Waals surface area contributed by atoms with Crippen LogP contribution in [0, 0.1) is 0 Å². The Hall–Kier alpha value is -1.99. The van der Waals surface area contributed by atoms with Gasteiger partial charge in [0, 0.05) is 38.6 Å². The van der Waals surface area contributed by atoms with Gasteiger partial charge >= 0.3 is 6.61 Å². The van der Waals surface area contributed by atoms with E-state index in [2.05, 4.69) is 14.6 Å². The summed E-state index contributed by atoms with van der Waals surface area (Å²) >= 11 is 0. The highest BCUT2D eigenvalue weighted by Gasteiger charge is 2.21. The van der Waals surface area contributed by atoms with Crippen LogP contribution >= 0.6 is 0 Å². The van der Waals surface area contributed by atoms with E-state index in [9.17, 15) is 8.78 Å². The molecule has 1 aromatic carbocycles. The second-order valence-corrected chi connectivity index (χ2v) is 5.41. The zero-order valence-corrected chi connectivity index (χ0v) is 12.6. The van der Waals surface area contributed by atoms with Crippen LogP contribution in [0.5, 0.6) is 5.75 Å². The Labute approximate surface area is 133 Å². The molecule has 1 saturated heterocycles. The molecule has 0 saturated carbocycles. The van der Waals surface area contributed by atoms with Crippen molar-refractivity contribution in [1.29, 1.82) is 0 Å². The Morgan fingerprint density at radius 3 is 2.78 bits per heavy atom. The van der Waals surface area contributed by atoms with Crippen LogP contribution in [-0.4, -0.2) is 47.3 Å². The van der Waals surface area contributed by atoms with Crippen molar-refractivity contribution >= 4 is 0 Å². The van der Waals surface area contributed by atoms with Gasteiger partial charge in [-0.15, -0.1) is 0 Å². The van der Waals surface area contributed by atoms with E-state index in [0.717, 1.165) is 31.7 Å². The van der Waals surface area contributed by atoms with E-state index in [4.69, 9.17) is 4.74 Å². The van der Waals surface area contributed by atoms with Crippen molar-refractivity contribution in [2.45, 2.75) is 19.3 Å². The van der Waals surface area contributed by atoms with E-state index >= 15 is 0 Å². The summed E-state index contributed by atoms with van der Waals surface area (Å²) in [7, 11) is 0. The Bertz CT molecular complexity index is 590. The monoisotopic (exact) mass is 323 g/mol. The predicted octanol–water partition coefficient (Wildman–Crippen LogP) is 2.56. The molecule has 0 N–H and O–H groups in total. The van der Waals surface area contributed by atoms with Crippen LogP contribution in [0.15, 0.2) is 43.0 Å². The molecule has 0 aliphatic carbocycles. The Morgan fingerprint density at radius 1 is 1.26 bits per heavy atom. The molecule has 3 rings (SSSR count). The molecular formula is C16H19F2N3O2. The fourth-order valence-electron chi connectivity index (χ4n) is 2.65. The van der Waals surface area contributed by atoms with E-state index in [1.165, 1.54) is 0 Å². The van der Waals surface area contributed by atoms with Gasteiger partial charge in [-0.05, 0) is 17.7 Å². The Balaban J connectivity index is 1.55. The molecule has 1 aromatic heterocycles. The molecule has 1 unspecified atom stereocenters. The number of nitrogens with zero attached hydrogens (tertiary/aromatic N) is 3. The number of rotatable bonds is 6. The van der Waals surface area contributed by atoms with Gasteiger partial charge in [0.05, 0.1) is 19.0 Å². The normalized spacial score (nSPS) is 19.2. The first-order chi connectivity index (χ1) is 11.2.